The van der Waals surface area contributed by atoms with E-state index in [1.807, 2.05) is 24.3 Å². The van der Waals surface area contributed by atoms with Gasteiger partial charge in [0.25, 0.3) is 0 Å². The lowest BCUT2D eigenvalue weighted by molar-refractivity contribution is 0.207. The maximum Gasteiger partial charge on any atom is 0.0896 e. The van der Waals surface area contributed by atoms with Crippen molar-refractivity contribution in [2.24, 2.45) is 0 Å². The lowest BCUT2D eigenvalue weighted by atomic mass is 10.0. The number of rotatable bonds is 4. The van der Waals surface area contributed by atoms with Crippen molar-refractivity contribution in [3.8, 4) is 0 Å². The summed E-state index contributed by atoms with van der Waals surface area (Å²) in [6.45, 7) is 0. The van der Waals surface area contributed by atoms with Gasteiger partial charge in [-0.1, -0.05) is 69.5 Å². The van der Waals surface area contributed by atoms with Crippen molar-refractivity contribution in [2.45, 2.75) is 12.5 Å². The predicted molar refractivity (Wildman–Crippen MR) is 99.8 cm³/mol. The molecule has 0 aliphatic rings. The fourth-order valence-corrected chi connectivity index (χ4v) is 3.47. The number of hydrogen-bond donors (Lipinski definition) is 1. The van der Waals surface area contributed by atoms with Crippen LogP contribution in [0.4, 0.5) is 0 Å². The number of aliphatic hydroxyl groups excluding tert-OH is 1. The van der Waals surface area contributed by atoms with Crippen LogP contribution in [0, 0.1) is 0 Å². The Balaban J connectivity index is 2.16. The van der Waals surface area contributed by atoms with Crippen molar-refractivity contribution in [3.05, 3.63) is 75.4 Å². The van der Waals surface area contributed by atoms with Gasteiger partial charge in [0.2, 0.25) is 0 Å². The normalized spacial score (nSPS) is 12.5. The van der Waals surface area contributed by atoms with E-state index in [2.05, 4.69) is 33.0 Å². The molecule has 1 heterocycles. The zero-order chi connectivity index (χ0) is 16.4. The third-order valence-corrected chi connectivity index (χ3v) is 4.77. The van der Waals surface area contributed by atoms with Gasteiger partial charge in [-0.2, -0.15) is 0 Å². The Morgan fingerprint density at radius 3 is 2.52 bits per heavy atom. The number of halogens is 3. The second-order valence-corrected chi connectivity index (χ2v) is 6.81. The Morgan fingerprint density at radius 1 is 1.09 bits per heavy atom. The van der Waals surface area contributed by atoms with Crippen molar-refractivity contribution in [3.63, 3.8) is 0 Å². The highest BCUT2D eigenvalue weighted by molar-refractivity contribution is 9.09. The first kappa shape index (κ1) is 16.7. The molecule has 0 amide bonds. The van der Waals surface area contributed by atoms with Gasteiger partial charge in [-0.25, -0.2) is 0 Å². The molecule has 118 valence electrons. The maximum absolute atomic E-state index is 10.3. The Kier molecular flexibility index (Phi) is 5.22. The molecule has 5 heteroatoms. The minimum Gasteiger partial charge on any atom is -0.388 e. The molecule has 3 aromatic rings. The first-order chi connectivity index (χ1) is 11.1. The fourth-order valence-electron chi connectivity index (χ4n) is 2.59. The quantitative estimate of drug-likeness (QED) is 0.571. The van der Waals surface area contributed by atoms with Crippen molar-refractivity contribution < 1.29 is 5.11 Å². The summed E-state index contributed by atoms with van der Waals surface area (Å²) in [6.07, 6.45) is 0.0298. The number of alkyl halides is 1. The van der Waals surface area contributed by atoms with Gasteiger partial charge in [-0.3, -0.25) is 4.98 Å². The number of aromatic nitrogens is 1. The van der Waals surface area contributed by atoms with Crippen LogP contribution in [-0.4, -0.2) is 15.4 Å². The lowest BCUT2D eigenvalue weighted by Gasteiger charge is -2.14. The lowest BCUT2D eigenvalue weighted by Crippen LogP contribution is -2.04. The average Bonchev–Trinajstić information content (AvgIpc) is 2.55. The van der Waals surface area contributed by atoms with Crippen LogP contribution in [0.1, 0.15) is 22.9 Å². The highest BCUT2D eigenvalue weighted by atomic mass is 79.9. The molecular formula is C18H14BrCl2NO. The zero-order valence-electron chi connectivity index (χ0n) is 12.1. The van der Waals surface area contributed by atoms with Gasteiger partial charge < -0.3 is 5.11 Å². The molecule has 3 rings (SSSR count). The second-order valence-electron chi connectivity index (χ2n) is 5.32. The topological polar surface area (TPSA) is 33.1 Å². The minimum absolute atomic E-state index is 0.432. The van der Waals surface area contributed by atoms with Gasteiger partial charge in [0.15, 0.2) is 0 Å². The number of hydrogen-bond acceptors (Lipinski definition) is 2. The molecule has 0 aliphatic heterocycles. The summed E-state index contributed by atoms with van der Waals surface area (Å²) in [4.78, 5) is 4.67. The number of aliphatic hydroxyl groups is 1. The molecular weight excluding hydrogens is 397 g/mol. The van der Waals surface area contributed by atoms with Crippen LogP contribution >= 0.6 is 39.1 Å². The second kappa shape index (κ2) is 7.18. The number of benzene rings is 2. The van der Waals surface area contributed by atoms with Crippen molar-refractivity contribution >= 4 is 50.0 Å². The molecule has 0 spiro atoms. The van der Waals surface area contributed by atoms with E-state index in [9.17, 15) is 5.11 Å². The van der Waals surface area contributed by atoms with Gasteiger partial charge in [0, 0.05) is 27.9 Å². The highest BCUT2D eigenvalue weighted by Gasteiger charge is 2.15. The van der Waals surface area contributed by atoms with E-state index in [0.29, 0.717) is 27.3 Å². The molecule has 0 saturated carbocycles. The Morgan fingerprint density at radius 2 is 1.83 bits per heavy atom. The summed E-state index contributed by atoms with van der Waals surface area (Å²) in [5, 5.41) is 12.6. The van der Waals surface area contributed by atoms with Crippen LogP contribution in [0.15, 0.2) is 48.5 Å². The molecule has 0 saturated heterocycles. The van der Waals surface area contributed by atoms with Crippen molar-refractivity contribution in [2.75, 3.05) is 5.33 Å². The SMILES string of the molecule is O[C@H](CBr)c1cc(Cc2ccccc2)nc2c(Cl)cc(Cl)cc12. The number of fused-ring (bicyclic) bond motifs is 1. The third-order valence-electron chi connectivity index (χ3n) is 3.65. The zero-order valence-corrected chi connectivity index (χ0v) is 15.2. The van der Waals surface area contributed by atoms with Gasteiger partial charge in [-0.05, 0) is 29.3 Å². The van der Waals surface area contributed by atoms with Gasteiger partial charge >= 0.3 is 0 Å². The van der Waals surface area contributed by atoms with Crippen molar-refractivity contribution in [1.29, 1.82) is 0 Å². The summed E-state index contributed by atoms with van der Waals surface area (Å²) in [5.41, 5.74) is 3.47. The Hall–Kier alpha value is -1.13. The molecule has 0 aliphatic carbocycles. The van der Waals surface area contributed by atoms with Gasteiger partial charge in [-0.15, -0.1) is 0 Å². The molecule has 1 atom stereocenters. The van der Waals surface area contributed by atoms with E-state index < -0.39 is 6.10 Å². The number of pyridine rings is 1. The van der Waals surface area contributed by atoms with Gasteiger partial charge in [0.05, 0.1) is 16.6 Å². The molecule has 23 heavy (non-hydrogen) atoms. The van der Waals surface area contributed by atoms with E-state index >= 15 is 0 Å². The summed E-state index contributed by atoms with van der Waals surface area (Å²) >= 11 is 15.8. The van der Waals surface area contributed by atoms with Crippen molar-refractivity contribution in [1.82, 2.24) is 4.98 Å². The molecule has 0 fully saturated rings. The summed E-state index contributed by atoms with van der Waals surface area (Å²) < 4.78 is 0. The van der Waals surface area contributed by atoms with E-state index in [0.717, 1.165) is 22.2 Å². The summed E-state index contributed by atoms with van der Waals surface area (Å²) in [7, 11) is 0. The Labute approximate surface area is 153 Å². The van der Waals surface area contributed by atoms with Crippen LogP contribution in [0.5, 0.6) is 0 Å². The molecule has 2 aromatic carbocycles. The standard InChI is InChI=1S/C18H14BrCl2NO/c19-10-17(23)14-9-13(6-11-4-2-1-3-5-11)22-18-15(14)7-12(20)8-16(18)21/h1-5,7-9,17,23H,6,10H2/t17-/m1/s1. The molecule has 0 unspecified atom stereocenters. The molecule has 0 bridgehead atoms. The summed E-state index contributed by atoms with van der Waals surface area (Å²) in [5.74, 6) is 0. The largest absolute Gasteiger partial charge is 0.388 e. The minimum atomic E-state index is -0.649. The third kappa shape index (κ3) is 3.69. The first-order valence-corrected chi connectivity index (χ1v) is 9.02. The van der Waals surface area contributed by atoms with E-state index in [-0.39, 0.29) is 0 Å². The monoisotopic (exact) mass is 409 g/mol. The molecule has 1 aromatic heterocycles. The first-order valence-electron chi connectivity index (χ1n) is 7.15. The van der Waals surface area contributed by atoms with Crippen LogP contribution < -0.4 is 0 Å². The average molecular weight is 411 g/mol. The highest BCUT2D eigenvalue weighted by Crippen LogP contribution is 2.33. The fraction of sp³-hybridized carbons (Fsp3) is 0.167. The van der Waals surface area contributed by atoms with Crippen LogP contribution in [0.2, 0.25) is 10.0 Å². The molecule has 0 radical (unpaired) electrons. The smallest absolute Gasteiger partial charge is 0.0896 e. The van der Waals surface area contributed by atoms with Crippen LogP contribution in [-0.2, 0) is 6.42 Å². The van der Waals surface area contributed by atoms with Gasteiger partial charge in [0.1, 0.15) is 0 Å². The predicted octanol–water partition coefficient (Wildman–Crippen LogP) is 5.56. The molecule has 1 N–H and O–H groups in total. The number of nitrogens with zero attached hydrogens (tertiary/aromatic N) is 1. The Bertz CT molecular complexity index is 839. The summed E-state index contributed by atoms with van der Waals surface area (Å²) in [6, 6.07) is 15.5. The van der Waals surface area contributed by atoms with E-state index in [1.54, 1.807) is 12.1 Å². The van der Waals surface area contributed by atoms with Crippen LogP contribution in [0.25, 0.3) is 10.9 Å². The van der Waals surface area contributed by atoms with Crippen LogP contribution in [0.3, 0.4) is 0 Å². The van der Waals surface area contributed by atoms with E-state index in [1.165, 1.54) is 0 Å². The maximum atomic E-state index is 10.3. The molecule has 2 nitrogen and oxygen atoms in total. The van der Waals surface area contributed by atoms with E-state index in [4.69, 9.17) is 23.2 Å².